The molecule has 0 unspecified atom stereocenters. The van der Waals surface area contributed by atoms with Crippen molar-refractivity contribution in [3.05, 3.63) is 65.7 Å². The van der Waals surface area contributed by atoms with Gasteiger partial charge in [0.25, 0.3) is 0 Å². The normalized spacial score (nSPS) is 16.4. The van der Waals surface area contributed by atoms with E-state index in [9.17, 15) is 0 Å². The van der Waals surface area contributed by atoms with Crippen LogP contribution in [0.5, 0.6) is 5.75 Å². The van der Waals surface area contributed by atoms with Gasteiger partial charge in [-0.15, -0.1) is 0 Å². The fourth-order valence-corrected chi connectivity index (χ4v) is 2.74. The molecule has 0 saturated carbocycles. The van der Waals surface area contributed by atoms with Gasteiger partial charge < -0.3 is 10.1 Å². The Morgan fingerprint density at radius 3 is 2.30 bits per heavy atom. The van der Waals surface area contributed by atoms with Crippen LogP contribution in [0.3, 0.4) is 0 Å². The summed E-state index contributed by atoms with van der Waals surface area (Å²) in [6, 6.07) is 19.0. The molecule has 104 valence electrons. The highest BCUT2D eigenvalue weighted by atomic mass is 16.5. The molecule has 0 atom stereocenters. The summed E-state index contributed by atoms with van der Waals surface area (Å²) in [6.07, 6.45) is 1.05. The van der Waals surface area contributed by atoms with Crippen molar-refractivity contribution in [3.63, 3.8) is 0 Å². The molecule has 1 fully saturated rings. The van der Waals surface area contributed by atoms with E-state index in [1.165, 1.54) is 11.1 Å². The van der Waals surface area contributed by atoms with Crippen LogP contribution in [-0.4, -0.2) is 19.7 Å². The van der Waals surface area contributed by atoms with E-state index >= 15 is 0 Å². The zero-order valence-corrected chi connectivity index (χ0v) is 11.9. The average molecular weight is 267 g/mol. The number of rotatable bonds is 5. The second-order valence-electron chi connectivity index (χ2n) is 5.66. The highest BCUT2D eigenvalue weighted by molar-refractivity contribution is 5.32. The summed E-state index contributed by atoms with van der Waals surface area (Å²) in [7, 11) is 0. The molecular weight excluding hydrogens is 246 g/mol. The fraction of sp³-hybridized carbons (Fsp3) is 0.333. The minimum absolute atomic E-state index is 0.252. The van der Waals surface area contributed by atoms with Crippen LogP contribution in [0.15, 0.2) is 54.6 Å². The van der Waals surface area contributed by atoms with E-state index in [2.05, 4.69) is 36.5 Å². The minimum atomic E-state index is 0.252. The molecule has 20 heavy (non-hydrogen) atoms. The molecule has 0 bridgehead atoms. The lowest BCUT2D eigenvalue weighted by atomic mass is 9.73. The molecule has 0 amide bonds. The van der Waals surface area contributed by atoms with E-state index in [1.54, 1.807) is 0 Å². The summed E-state index contributed by atoms with van der Waals surface area (Å²) < 4.78 is 5.85. The maximum absolute atomic E-state index is 5.85. The first-order valence-corrected chi connectivity index (χ1v) is 7.24. The van der Waals surface area contributed by atoms with Gasteiger partial charge in [0.2, 0.25) is 0 Å². The third-order valence-corrected chi connectivity index (χ3v) is 4.18. The van der Waals surface area contributed by atoms with Gasteiger partial charge in [0.05, 0.1) is 6.61 Å². The zero-order chi connectivity index (χ0) is 13.8. The molecule has 1 heterocycles. The lowest BCUT2D eigenvalue weighted by molar-refractivity contribution is 0.199. The van der Waals surface area contributed by atoms with Crippen molar-refractivity contribution < 1.29 is 4.74 Å². The minimum Gasteiger partial charge on any atom is -0.494 e. The Balaban J connectivity index is 1.63. The molecule has 1 N–H and O–H groups in total. The number of hydrogen-bond acceptors (Lipinski definition) is 2. The van der Waals surface area contributed by atoms with Crippen molar-refractivity contribution in [2.24, 2.45) is 0 Å². The summed E-state index contributed by atoms with van der Waals surface area (Å²) >= 11 is 0. The van der Waals surface area contributed by atoms with Gasteiger partial charge >= 0.3 is 0 Å². The maximum atomic E-state index is 5.85. The molecule has 0 spiro atoms. The largest absolute Gasteiger partial charge is 0.494 e. The average Bonchev–Trinajstić information content (AvgIpc) is 2.44. The number of benzene rings is 2. The Bertz CT molecular complexity index is 543. The van der Waals surface area contributed by atoms with Crippen molar-refractivity contribution in [2.45, 2.75) is 18.8 Å². The van der Waals surface area contributed by atoms with Gasteiger partial charge in [-0.25, -0.2) is 0 Å². The molecule has 1 aliphatic heterocycles. The van der Waals surface area contributed by atoms with Gasteiger partial charge in [-0.3, -0.25) is 0 Å². The number of para-hydroxylation sites is 1. The second kappa shape index (κ2) is 5.68. The number of aryl methyl sites for hydroxylation is 1. The van der Waals surface area contributed by atoms with Crippen molar-refractivity contribution in [1.29, 1.82) is 0 Å². The molecule has 1 aliphatic rings. The predicted molar refractivity (Wildman–Crippen MR) is 82.3 cm³/mol. The van der Waals surface area contributed by atoms with E-state index in [4.69, 9.17) is 4.74 Å². The standard InChI is InChI=1S/C18H21NO/c1-15-7-9-16(10-8-15)18(13-19-14-18)11-12-20-17-5-3-2-4-6-17/h2-10,19H,11-14H2,1H3. The van der Waals surface area contributed by atoms with Crippen LogP contribution in [0.2, 0.25) is 0 Å². The Morgan fingerprint density at radius 1 is 1.00 bits per heavy atom. The molecule has 0 radical (unpaired) electrons. The SMILES string of the molecule is Cc1ccc(C2(CCOc3ccccc3)CNC2)cc1. The van der Waals surface area contributed by atoms with Crippen molar-refractivity contribution in [1.82, 2.24) is 5.32 Å². The topological polar surface area (TPSA) is 21.3 Å². The predicted octanol–water partition coefficient (Wildman–Crippen LogP) is 3.31. The lowest BCUT2D eigenvalue weighted by Crippen LogP contribution is -2.57. The van der Waals surface area contributed by atoms with E-state index in [0.717, 1.165) is 31.9 Å². The van der Waals surface area contributed by atoms with Crippen LogP contribution >= 0.6 is 0 Å². The number of nitrogens with one attached hydrogen (secondary N) is 1. The first-order chi connectivity index (χ1) is 9.78. The van der Waals surface area contributed by atoms with Gasteiger partial charge in [0, 0.05) is 18.5 Å². The third kappa shape index (κ3) is 2.70. The molecule has 2 aromatic carbocycles. The van der Waals surface area contributed by atoms with E-state index in [-0.39, 0.29) is 5.41 Å². The molecular formula is C18H21NO. The van der Waals surface area contributed by atoms with Gasteiger partial charge in [-0.05, 0) is 31.0 Å². The van der Waals surface area contributed by atoms with Crippen molar-refractivity contribution >= 4 is 0 Å². The summed E-state index contributed by atoms with van der Waals surface area (Å²) in [5.41, 5.74) is 3.00. The third-order valence-electron chi connectivity index (χ3n) is 4.18. The zero-order valence-electron chi connectivity index (χ0n) is 11.9. The highest BCUT2D eigenvalue weighted by Crippen LogP contribution is 2.32. The monoisotopic (exact) mass is 267 g/mol. The molecule has 2 aromatic rings. The molecule has 1 saturated heterocycles. The molecule has 0 aromatic heterocycles. The van der Waals surface area contributed by atoms with E-state index in [1.807, 2.05) is 30.3 Å². The van der Waals surface area contributed by atoms with Gasteiger partial charge in [-0.2, -0.15) is 0 Å². The maximum Gasteiger partial charge on any atom is 0.119 e. The molecule has 3 rings (SSSR count). The fourth-order valence-electron chi connectivity index (χ4n) is 2.74. The van der Waals surface area contributed by atoms with Crippen LogP contribution in [0.1, 0.15) is 17.5 Å². The Hall–Kier alpha value is -1.80. The smallest absolute Gasteiger partial charge is 0.119 e. The first-order valence-electron chi connectivity index (χ1n) is 7.24. The Kier molecular flexibility index (Phi) is 3.75. The number of ether oxygens (including phenoxy) is 1. The van der Waals surface area contributed by atoms with Gasteiger partial charge in [0.15, 0.2) is 0 Å². The van der Waals surface area contributed by atoms with Crippen LogP contribution < -0.4 is 10.1 Å². The summed E-state index contributed by atoms with van der Waals surface area (Å²) in [5, 5.41) is 3.41. The summed E-state index contributed by atoms with van der Waals surface area (Å²) in [5.74, 6) is 0.957. The van der Waals surface area contributed by atoms with Crippen LogP contribution in [-0.2, 0) is 5.41 Å². The number of hydrogen-bond donors (Lipinski definition) is 1. The van der Waals surface area contributed by atoms with Crippen molar-refractivity contribution in [3.8, 4) is 5.75 Å². The van der Waals surface area contributed by atoms with E-state index in [0.29, 0.717) is 0 Å². The molecule has 2 heteroatoms. The lowest BCUT2D eigenvalue weighted by Gasteiger charge is -2.43. The first kappa shape index (κ1) is 13.2. The van der Waals surface area contributed by atoms with E-state index < -0.39 is 0 Å². The quantitative estimate of drug-likeness (QED) is 0.897. The van der Waals surface area contributed by atoms with Crippen LogP contribution in [0.25, 0.3) is 0 Å². The van der Waals surface area contributed by atoms with Crippen LogP contribution in [0, 0.1) is 6.92 Å². The van der Waals surface area contributed by atoms with Crippen molar-refractivity contribution in [2.75, 3.05) is 19.7 Å². The Morgan fingerprint density at radius 2 is 1.70 bits per heavy atom. The van der Waals surface area contributed by atoms with Gasteiger partial charge in [0.1, 0.15) is 5.75 Å². The second-order valence-corrected chi connectivity index (χ2v) is 5.66. The molecule has 2 nitrogen and oxygen atoms in total. The summed E-state index contributed by atoms with van der Waals surface area (Å²) in [4.78, 5) is 0. The summed E-state index contributed by atoms with van der Waals surface area (Å²) in [6.45, 7) is 5.00. The van der Waals surface area contributed by atoms with Crippen LogP contribution in [0.4, 0.5) is 0 Å². The van der Waals surface area contributed by atoms with Gasteiger partial charge in [-0.1, -0.05) is 48.0 Å². The highest BCUT2D eigenvalue weighted by Gasteiger charge is 2.38. The Labute approximate surface area is 120 Å². The molecule has 0 aliphatic carbocycles.